The average Bonchev–Trinajstić information content (AvgIpc) is 3.64. The zero-order chi connectivity index (χ0) is 24.9. The third kappa shape index (κ3) is 5.78. The molecule has 1 aliphatic rings. The zero-order valence-corrected chi connectivity index (χ0v) is 21.0. The second kappa shape index (κ2) is 10.8. The fourth-order valence-corrected chi connectivity index (χ4v) is 4.41. The summed E-state index contributed by atoms with van der Waals surface area (Å²) in [5, 5.41) is 1.17. The van der Waals surface area contributed by atoms with E-state index in [-0.39, 0.29) is 30.3 Å². The Morgan fingerprint density at radius 1 is 1.06 bits per heavy atom. The summed E-state index contributed by atoms with van der Waals surface area (Å²) in [6.45, 7) is 4.99. The van der Waals surface area contributed by atoms with Gasteiger partial charge in [0.25, 0.3) is 0 Å². The van der Waals surface area contributed by atoms with Crippen molar-refractivity contribution in [3.63, 3.8) is 0 Å². The Bertz CT molecular complexity index is 1180. The minimum Gasteiger partial charge on any atom is -0.493 e. The summed E-state index contributed by atoms with van der Waals surface area (Å²) >= 11 is 0. The number of ether oxygens (including phenoxy) is 2. The molecule has 186 valence electrons. The van der Waals surface area contributed by atoms with E-state index in [4.69, 9.17) is 9.47 Å². The summed E-state index contributed by atoms with van der Waals surface area (Å²) in [4.78, 5) is 33.3. The highest BCUT2D eigenvalue weighted by molar-refractivity contribution is 5.87. The fraction of sp³-hybridized carbons (Fsp3) is 0.429. The Labute approximate surface area is 207 Å². The van der Waals surface area contributed by atoms with E-state index < -0.39 is 0 Å². The maximum absolute atomic E-state index is 13.6. The van der Waals surface area contributed by atoms with Crippen molar-refractivity contribution < 1.29 is 19.1 Å². The third-order valence-corrected chi connectivity index (χ3v) is 6.64. The van der Waals surface area contributed by atoms with E-state index in [9.17, 15) is 9.59 Å². The van der Waals surface area contributed by atoms with Crippen LogP contribution in [0.1, 0.15) is 37.8 Å². The Kier molecular flexibility index (Phi) is 7.63. The number of rotatable bonds is 11. The topological polar surface area (TPSA) is 74.9 Å². The van der Waals surface area contributed by atoms with Crippen LogP contribution in [0.5, 0.6) is 11.5 Å². The number of methoxy groups -OCH3 is 2. The number of aromatic amines is 1. The van der Waals surface area contributed by atoms with Gasteiger partial charge in [0.15, 0.2) is 11.5 Å². The zero-order valence-electron chi connectivity index (χ0n) is 21.0. The first-order valence-corrected chi connectivity index (χ1v) is 12.3. The van der Waals surface area contributed by atoms with Gasteiger partial charge in [0, 0.05) is 42.1 Å². The van der Waals surface area contributed by atoms with Gasteiger partial charge in [-0.05, 0) is 62.4 Å². The summed E-state index contributed by atoms with van der Waals surface area (Å²) in [6, 6.07) is 13.9. The number of benzene rings is 2. The van der Waals surface area contributed by atoms with Gasteiger partial charge < -0.3 is 24.3 Å². The number of hydrogen-bond donors (Lipinski definition) is 1. The molecule has 0 radical (unpaired) electrons. The summed E-state index contributed by atoms with van der Waals surface area (Å²) in [5.41, 5.74) is 3.20. The van der Waals surface area contributed by atoms with E-state index in [1.165, 1.54) is 10.9 Å². The van der Waals surface area contributed by atoms with Gasteiger partial charge in [-0.1, -0.05) is 24.3 Å². The van der Waals surface area contributed by atoms with Gasteiger partial charge in [-0.3, -0.25) is 9.59 Å². The molecule has 0 saturated heterocycles. The van der Waals surface area contributed by atoms with E-state index in [0.717, 1.165) is 23.9 Å². The van der Waals surface area contributed by atoms with E-state index in [0.29, 0.717) is 31.0 Å². The molecule has 0 spiro atoms. The lowest BCUT2D eigenvalue weighted by Crippen LogP contribution is -2.46. The van der Waals surface area contributed by atoms with Gasteiger partial charge in [-0.25, -0.2) is 0 Å². The van der Waals surface area contributed by atoms with E-state index in [2.05, 4.69) is 17.1 Å². The molecule has 0 unspecified atom stereocenters. The maximum Gasteiger partial charge on any atom is 0.242 e. The number of hydrogen-bond acceptors (Lipinski definition) is 4. The molecule has 3 aromatic rings. The molecule has 1 fully saturated rings. The Balaban J connectivity index is 1.55. The van der Waals surface area contributed by atoms with Crippen LogP contribution in [0.2, 0.25) is 0 Å². The van der Waals surface area contributed by atoms with Crippen molar-refractivity contribution in [2.24, 2.45) is 5.92 Å². The monoisotopic (exact) mass is 477 g/mol. The molecule has 1 saturated carbocycles. The van der Waals surface area contributed by atoms with Gasteiger partial charge in [0.1, 0.15) is 0 Å². The largest absolute Gasteiger partial charge is 0.493 e. The quantitative estimate of drug-likeness (QED) is 0.444. The van der Waals surface area contributed by atoms with Crippen LogP contribution in [0.4, 0.5) is 0 Å². The normalized spacial score (nSPS) is 13.2. The molecule has 0 aliphatic heterocycles. The minimum atomic E-state index is -0.0534. The van der Waals surface area contributed by atoms with Gasteiger partial charge in [-0.15, -0.1) is 0 Å². The molecular weight excluding hydrogens is 442 g/mol. The molecule has 1 aromatic heterocycles. The first-order chi connectivity index (χ1) is 16.9. The Morgan fingerprint density at radius 2 is 1.80 bits per heavy atom. The first kappa shape index (κ1) is 24.6. The lowest BCUT2D eigenvalue weighted by Gasteiger charge is -2.30. The number of carbonyl (C=O) groups excluding carboxylic acids is 2. The lowest BCUT2D eigenvalue weighted by molar-refractivity contribution is -0.143. The third-order valence-electron chi connectivity index (χ3n) is 6.64. The van der Waals surface area contributed by atoms with Crippen LogP contribution in [0.3, 0.4) is 0 Å². The summed E-state index contributed by atoms with van der Waals surface area (Å²) < 4.78 is 10.8. The number of carbonyl (C=O) groups is 2. The summed E-state index contributed by atoms with van der Waals surface area (Å²) in [7, 11) is 3.21. The number of aromatic nitrogens is 1. The second-order valence-corrected chi connectivity index (χ2v) is 9.45. The van der Waals surface area contributed by atoms with Crippen LogP contribution in [-0.4, -0.2) is 59.9 Å². The molecule has 2 amide bonds. The van der Waals surface area contributed by atoms with Gasteiger partial charge >= 0.3 is 0 Å². The number of nitrogens with zero attached hydrogens (tertiary/aromatic N) is 2. The average molecular weight is 478 g/mol. The van der Waals surface area contributed by atoms with Crippen LogP contribution >= 0.6 is 0 Å². The van der Waals surface area contributed by atoms with Gasteiger partial charge in [0.05, 0.1) is 20.8 Å². The number of para-hydroxylation sites is 1. The molecule has 4 rings (SSSR count). The smallest absolute Gasteiger partial charge is 0.242 e. The summed E-state index contributed by atoms with van der Waals surface area (Å²) in [5.74, 6) is 1.39. The number of amides is 2. The molecule has 7 heteroatoms. The predicted octanol–water partition coefficient (Wildman–Crippen LogP) is 4.40. The Hall–Kier alpha value is -3.48. The lowest BCUT2D eigenvalue weighted by atomic mass is 10.1. The molecule has 35 heavy (non-hydrogen) atoms. The molecule has 1 N–H and O–H groups in total. The minimum absolute atomic E-state index is 0.0244. The van der Waals surface area contributed by atoms with E-state index in [1.807, 2.05) is 55.3 Å². The van der Waals surface area contributed by atoms with E-state index >= 15 is 0 Å². The Morgan fingerprint density at radius 3 is 2.49 bits per heavy atom. The highest BCUT2D eigenvalue weighted by atomic mass is 16.5. The van der Waals surface area contributed by atoms with Crippen molar-refractivity contribution in [3.8, 4) is 11.5 Å². The van der Waals surface area contributed by atoms with E-state index in [1.54, 1.807) is 19.1 Å². The van der Waals surface area contributed by atoms with Crippen molar-refractivity contribution in [1.82, 2.24) is 14.8 Å². The standard InChI is InChI=1S/C28H35N3O4/c1-19(2)31(28(33)21-10-11-21)18-27(32)30(17-20-9-12-25(34-3)26(15-20)35-4)14-13-22-16-29-24-8-6-5-7-23(22)24/h5-9,12,15-16,19,21,29H,10-11,13-14,17-18H2,1-4H3. The van der Waals surface area contributed by atoms with Crippen LogP contribution < -0.4 is 9.47 Å². The van der Waals surface area contributed by atoms with Crippen LogP contribution in [-0.2, 0) is 22.6 Å². The maximum atomic E-state index is 13.6. The molecule has 2 aromatic carbocycles. The molecule has 0 atom stereocenters. The fourth-order valence-electron chi connectivity index (χ4n) is 4.41. The SMILES string of the molecule is COc1ccc(CN(CCc2c[nH]c3ccccc23)C(=O)CN(C(=O)C2CC2)C(C)C)cc1OC. The van der Waals surface area contributed by atoms with Crippen molar-refractivity contribution in [2.45, 2.75) is 45.7 Å². The highest BCUT2D eigenvalue weighted by Gasteiger charge is 2.35. The predicted molar refractivity (Wildman–Crippen MR) is 137 cm³/mol. The van der Waals surface area contributed by atoms with Crippen molar-refractivity contribution >= 4 is 22.7 Å². The van der Waals surface area contributed by atoms with Crippen molar-refractivity contribution in [1.29, 1.82) is 0 Å². The number of nitrogens with one attached hydrogen (secondary N) is 1. The van der Waals surface area contributed by atoms with Crippen LogP contribution in [0.25, 0.3) is 10.9 Å². The second-order valence-electron chi connectivity index (χ2n) is 9.45. The van der Waals surface area contributed by atoms with Crippen molar-refractivity contribution in [3.05, 3.63) is 59.8 Å². The van der Waals surface area contributed by atoms with Gasteiger partial charge in [0.2, 0.25) is 11.8 Å². The number of H-pyrrole nitrogens is 1. The summed E-state index contributed by atoms with van der Waals surface area (Å²) in [6.07, 6.45) is 4.57. The molecule has 1 heterocycles. The first-order valence-electron chi connectivity index (χ1n) is 12.3. The van der Waals surface area contributed by atoms with Crippen LogP contribution in [0.15, 0.2) is 48.7 Å². The molecule has 1 aliphatic carbocycles. The highest BCUT2D eigenvalue weighted by Crippen LogP contribution is 2.32. The van der Waals surface area contributed by atoms with Gasteiger partial charge in [-0.2, -0.15) is 0 Å². The van der Waals surface area contributed by atoms with Crippen molar-refractivity contribution in [2.75, 3.05) is 27.3 Å². The van der Waals surface area contributed by atoms with Crippen LogP contribution in [0, 0.1) is 5.92 Å². The molecular formula is C28H35N3O4. The molecule has 7 nitrogen and oxygen atoms in total. The molecule has 0 bridgehead atoms. The number of fused-ring (bicyclic) bond motifs is 1.